The highest BCUT2D eigenvalue weighted by atomic mass is 35.5. The van der Waals surface area contributed by atoms with Gasteiger partial charge in [0.2, 0.25) is 0 Å². The molecule has 0 fully saturated rings. The van der Waals surface area contributed by atoms with Gasteiger partial charge in [0.15, 0.2) is 0 Å². The van der Waals surface area contributed by atoms with Crippen molar-refractivity contribution in [1.82, 2.24) is 0 Å². The second-order valence-electron chi connectivity index (χ2n) is 6.68. The summed E-state index contributed by atoms with van der Waals surface area (Å²) in [6, 6.07) is 3.37. The predicted octanol–water partition coefficient (Wildman–Crippen LogP) is 3.58. The number of halogens is 1. The van der Waals surface area contributed by atoms with Crippen molar-refractivity contribution >= 4 is 35.3 Å². The van der Waals surface area contributed by atoms with Crippen molar-refractivity contribution < 1.29 is 19.2 Å². The Kier molecular flexibility index (Phi) is 4.74. The highest BCUT2D eigenvalue weighted by Crippen LogP contribution is 2.44. The van der Waals surface area contributed by atoms with E-state index in [1.54, 1.807) is 24.4 Å². The first-order valence-electron chi connectivity index (χ1n) is 8.97. The van der Waals surface area contributed by atoms with Crippen LogP contribution in [0.2, 0.25) is 5.02 Å². The lowest BCUT2D eigenvalue weighted by molar-refractivity contribution is -0.120. The molecule has 3 aliphatic rings. The van der Waals surface area contributed by atoms with Gasteiger partial charge in [0.1, 0.15) is 18.5 Å². The van der Waals surface area contributed by atoms with E-state index in [0.717, 1.165) is 18.4 Å². The first-order valence-corrected chi connectivity index (χ1v) is 9.34. The van der Waals surface area contributed by atoms with E-state index in [1.165, 1.54) is 4.90 Å². The van der Waals surface area contributed by atoms with Gasteiger partial charge in [-0.2, -0.15) is 0 Å². The first-order chi connectivity index (χ1) is 13.1. The van der Waals surface area contributed by atoms with Crippen LogP contribution in [-0.2, 0) is 20.8 Å². The second kappa shape index (κ2) is 7.19. The molecule has 0 saturated heterocycles. The number of carbonyl (C=O) groups is 2. The van der Waals surface area contributed by atoms with Crippen LogP contribution in [0.25, 0.3) is 0 Å². The average molecular weight is 387 g/mol. The summed E-state index contributed by atoms with van der Waals surface area (Å²) in [7, 11) is 0. The normalized spacial score (nSPS) is 21.5. The molecule has 0 spiro atoms. The molecule has 4 rings (SSSR count). The van der Waals surface area contributed by atoms with E-state index in [4.69, 9.17) is 21.2 Å². The molecule has 2 amide bonds. The van der Waals surface area contributed by atoms with Crippen molar-refractivity contribution in [1.29, 1.82) is 0 Å². The Labute approximate surface area is 162 Å². The van der Waals surface area contributed by atoms with E-state index in [1.807, 2.05) is 0 Å². The van der Waals surface area contributed by atoms with Gasteiger partial charge in [-0.15, -0.1) is 0 Å². The number of anilines is 1. The summed E-state index contributed by atoms with van der Waals surface area (Å²) in [6.07, 6.45) is 6.42. The number of ether oxygens (including phenoxy) is 1. The molecular weight excluding hydrogens is 368 g/mol. The van der Waals surface area contributed by atoms with Crippen LogP contribution < -0.4 is 9.64 Å². The Morgan fingerprint density at radius 1 is 1.26 bits per heavy atom. The molecule has 0 radical (unpaired) electrons. The lowest BCUT2D eigenvalue weighted by Crippen LogP contribution is -2.32. The number of nitrogens with zero attached hydrogens (tertiary/aromatic N) is 2. The van der Waals surface area contributed by atoms with E-state index >= 15 is 0 Å². The quantitative estimate of drug-likeness (QED) is 0.255. The molecule has 1 aromatic rings. The van der Waals surface area contributed by atoms with E-state index in [0.29, 0.717) is 53.5 Å². The minimum Gasteiger partial charge on any atom is -0.482 e. The number of hydrogen-bond donors (Lipinski definition) is 0. The Bertz CT molecular complexity index is 862. The Morgan fingerprint density at radius 2 is 1.96 bits per heavy atom. The van der Waals surface area contributed by atoms with Crippen molar-refractivity contribution in [2.45, 2.75) is 38.2 Å². The van der Waals surface area contributed by atoms with Crippen molar-refractivity contribution in [2.75, 3.05) is 11.5 Å². The third kappa shape index (κ3) is 3.04. The topological polar surface area (TPSA) is 68.2 Å². The van der Waals surface area contributed by atoms with Crippen molar-refractivity contribution in [3.05, 3.63) is 46.5 Å². The van der Waals surface area contributed by atoms with E-state index in [2.05, 4.69) is 11.7 Å². The minimum absolute atomic E-state index is 0.217. The van der Waals surface area contributed by atoms with Crippen LogP contribution in [0.1, 0.15) is 31.2 Å². The van der Waals surface area contributed by atoms with Crippen LogP contribution in [0, 0.1) is 0 Å². The maximum absolute atomic E-state index is 12.9. The molecule has 27 heavy (non-hydrogen) atoms. The molecule has 1 unspecified atom stereocenters. The van der Waals surface area contributed by atoms with Gasteiger partial charge in [0.25, 0.3) is 11.8 Å². The van der Waals surface area contributed by atoms with Crippen LogP contribution >= 0.6 is 11.6 Å². The van der Waals surface area contributed by atoms with Crippen LogP contribution in [0.15, 0.2) is 41.1 Å². The molecular formula is C20H19ClN2O4. The van der Waals surface area contributed by atoms with Crippen LogP contribution in [-0.4, -0.2) is 30.7 Å². The van der Waals surface area contributed by atoms with E-state index < -0.39 is 0 Å². The largest absolute Gasteiger partial charge is 0.482 e. The zero-order valence-electron chi connectivity index (χ0n) is 14.7. The standard InChI is InChI=1S/C20H19ClN2O4/c1-2-9-26-22-11-12-10-15-17(8-7-16(21)18(15)27-12)23-19(24)13-5-3-4-6-14(13)20(23)25/h2,7-8,11-12H,1,3-6,9-10H2/b22-11+. The number of carbonyl (C=O) groups excluding carboxylic acids is 2. The number of amides is 2. The van der Waals surface area contributed by atoms with Gasteiger partial charge in [0.05, 0.1) is 16.9 Å². The summed E-state index contributed by atoms with van der Waals surface area (Å²) in [4.78, 5) is 32.1. The molecule has 2 heterocycles. The van der Waals surface area contributed by atoms with Gasteiger partial charge < -0.3 is 9.57 Å². The fourth-order valence-corrected chi connectivity index (χ4v) is 3.99. The maximum atomic E-state index is 12.9. The smallest absolute Gasteiger partial charge is 0.261 e. The SMILES string of the molecule is C=CCO/N=C/C1Cc2c(N3C(=O)C4=C(CCCC4)C3=O)ccc(Cl)c2O1. The summed E-state index contributed by atoms with van der Waals surface area (Å²) in [5.41, 5.74) is 2.60. The van der Waals surface area contributed by atoms with Crippen molar-refractivity contribution in [3.8, 4) is 5.75 Å². The van der Waals surface area contributed by atoms with Gasteiger partial charge in [-0.3, -0.25) is 9.59 Å². The highest BCUT2D eigenvalue weighted by Gasteiger charge is 2.42. The fraction of sp³-hybridized carbons (Fsp3) is 0.350. The fourth-order valence-electron chi connectivity index (χ4n) is 3.77. The number of rotatable bonds is 5. The molecule has 0 N–H and O–H groups in total. The van der Waals surface area contributed by atoms with Crippen molar-refractivity contribution in [3.63, 3.8) is 0 Å². The van der Waals surface area contributed by atoms with Gasteiger partial charge in [-0.1, -0.05) is 29.4 Å². The van der Waals surface area contributed by atoms with Gasteiger partial charge in [0, 0.05) is 23.1 Å². The number of benzene rings is 1. The zero-order chi connectivity index (χ0) is 19.0. The Hall–Kier alpha value is -2.60. The first kappa shape index (κ1) is 17.8. The molecule has 0 aromatic heterocycles. The number of imide groups is 1. The summed E-state index contributed by atoms with van der Waals surface area (Å²) in [6.45, 7) is 3.86. The third-order valence-corrected chi connectivity index (χ3v) is 5.29. The van der Waals surface area contributed by atoms with Crippen LogP contribution in [0.5, 0.6) is 5.75 Å². The lowest BCUT2D eigenvalue weighted by Gasteiger charge is -2.18. The van der Waals surface area contributed by atoms with Crippen LogP contribution in [0.3, 0.4) is 0 Å². The van der Waals surface area contributed by atoms with Crippen LogP contribution in [0.4, 0.5) is 5.69 Å². The Morgan fingerprint density at radius 3 is 2.63 bits per heavy atom. The van der Waals surface area contributed by atoms with Gasteiger partial charge >= 0.3 is 0 Å². The van der Waals surface area contributed by atoms with E-state index in [9.17, 15) is 9.59 Å². The average Bonchev–Trinajstić information content (AvgIpc) is 3.21. The predicted molar refractivity (Wildman–Crippen MR) is 102 cm³/mol. The number of hydrogen-bond acceptors (Lipinski definition) is 5. The molecule has 0 saturated carbocycles. The summed E-state index contributed by atoms with van der Waals surface area (Å²) >= 11 is 6.28. The van der Waals surface area contributed by atoms with Gasteiger partial charge in [-0.05, 0) is 37.8 Å². The number of fused-ring (bicyclic) bond motifs is 1. The maximum Gasteiger partial charge on any atom is 0.261 e. The van der Waals surface area contributed by atoms with E-state index in [-0.39, 0.29) is 17.9 Å². The third-order valence-electron chi connectivity index (χ3n) is 4.99. The van der Waals surface area contributed by atoms with Gasteiger partial charge in [-0.25, -0.2) is 4.90 Å². The molecule has 1 atom stereocenters. The summed E-state index contributed by atoms with van der Waals surface area (Å²) < 4.78 is 5.86. The molecule has 1 aliphatic carbocycles. The second-order valence-corrected chi connectivity index (χ2v) is 7.09. The molecule has 140 valence electrons. The van der Waals surface area contributed by atoms with Crippen molar-refractivity contribution in [2.24, 2.45) is 5.16 Å². The summed E-state index contributed by atoms with van der Waals surface area (Å²) in [5, 5.41) is 4.29. The molecule has 2 aliphatic heterocycles. The minimum atomic E-state index is -0.376. The monoisotopic (exact) mass is 386 g/mol. The molecule has 1 aromatic carbocycles. The molecule has 7 heteroatoms. The summed E-state index contributed by atoms with van der Waals surface area (Å²) in [5.74, 6) is 0.0520. The number of oxime groups is 1. The highest BCUT2D eigenvalue weighted by molar-refractivity contribution is 6.34. The molecule has 0 bridgehead atoms. The molecule has 6 nitrogen and oxygen atoms in total. The Balaban J connectivity index is 1.63. The zero-order valence-corrected chi connectivity index (χ0v) is 15.5. The lowest BCUT2D eigenvalue weighted by atomic mass is 9.93.